The van der Waals surface area contributed by atoms with Crippen molar-refractivity contribution < 1.29 is 22.4 Å². The number of alkyl halides is 3. The summed E-state index contributed by atoms with van der Waals surface area (Å²) in [5, 5.41) is 3.19. The summed E-state index contributed by atoms with van der Waals surface area (Å²) in [5.74, 6) is -0.282. The number of hydrogen-bond donors (Lipinski definition) is 1. The third kappa shape index (κ3) is 3.97. The number of rotatable bonds is 4. The van der Waals surface area contributed by atoms with Crippen molar-refractivity contribution in [3.8, 4) is 11.3 Å². The van der Waals surface area contributed by atoms with Crippen LogP contribution in [0.2, 0.25) is 0 Å². The smallest absolute Gasteiger partial charge is 0.365 e. The van der Waals surface area contributed by atoms with Gasteiger partial charge in [-0.1, -0.05) is 0 Å². The van der Waals surface area contributed by atoms with Crippen LogP contribution in [0, 0.1) is 18.7 Å². The maximum absolute atomic E-state index is 14.5. The Kier molecular flexibility index (Phi) is 5.45. The molecule has 3 aromatic heterocycles. The van der Waals surface area contributed by atoms with Gasteiger partial charge in [0.25, 0.3) is 5.91 Å². The summed E-state index contributed by atoms with van der Waals surface area (Å²) in [6, 6.07) is 6.42. The zero-order chi connectivity index (χ0) is 24.0. The van der Waals surface area contributed by atoms with Crippen LogP contribution in [0.5, 0.6) is 0 Å². The molecule has 3 aromatic rings. The largest absolute Gasteiger partial charge is 0.417 e. The zero-order valence-corrected chi connectivity index (χ0v) is 18.2. The molecule has 0 spiro atoms. The molecular weight excluding hydrogens is 450 g/mol. The Morgan fingerprint density at radius 3 is 2.59 bits per heavy atom. The van der Waals surface area contributed by atoms with Gasteiger partial charge in [0.05, 0.1) is 11.6 Å². The molecule has 2 bridgehead atoms. The maximum atomic E-state index is 14.5. The van der Waals surface area contributed by atoms with Crippen LogP contribution in [0.3, 0.4) is 0 Å². The van der Waals surface area contributed by atoms with E-state index in [4.69, 9.17) is 0 Å². The van der Waals surface area contributed by atoms with E-state index in [1.54, 1.807) is 17.9 Å². The number of amides is 1. The summed E-state index contributed by atoms with van der Waals surface area (Å²) < 4.78 is 53.0. The molecule has 10 heteroatoms. The summed E-state index contributed by atoms with van der Waals surface area (Å²) in [5.41, 5.74) is 0.440. The Bertz CT molecular complexity index is 1230. The van der Waals surface area contributed by atoms with Crippen LogP contribution in [0.25, 0.3) is 11.3 Å². The van der Waals surface area contributed by atoms with Gasteiger partial charge in [0, 0.05) is 36.7 Å². The number of anilines is 1. The van der Waals surface area contributed by atoms with E-state index in [0.29, 0.717) is 23.5 Å². The van der Waals surface area contributed by atoms with Crippen LogP contribution in [-0.4, -0.2) is 44.4 Å². The highest BCUT2D eigenvalue weighted by atomic mass is 19.4. The lowest BCUT2D eigenvalue weighted by molar-refractivity contribution is -0.137. The summed E-state index contributed by atoms with van der Waals surface area (Å²) in [6.07, 6.45) is 0.871. The zero-order valence-electron chi connectivity index (χ0n) is 18.2. The lowest BCUT2D eigenvalue weighted by Crippen LogP contribution is -2.48. The number of hydrogen-bond acceptors (Lipinski definition) is 5. The van der Waals surface area contributed by atoms with E-state index in [0.717, 1.165) is 25.1 Å². The van der Waals surface area contributed by atoms with Crippen LogP contribution in [-0.2, 0) is 6.18 Å². The van der Waals surface area contributed by atoms with Crippen LogP contribution in [0.4, 0.5) is 23.4 Å². The molecule has 2 fully saturated rings. The molecule has 1 N–H and O–H groups in total. The third-order valence-electron chi connectivity index (χ3n) is 6.52. The molecule has 2 aliphatic rings. The lowest BCUT2D eigenvalue weighted by Gasteiger charge is -2.34. The Labute approximate surface area is 193 Å². The van der Waals surface area contributed by atoms with Gasteiger partial charge in [-0.3, -0.25) is 14.8 Å². The Morgan fingerprint density at radius 1 is 1.09 bits per heavy atom. The highest BCUT2D eigenvalue weighted by Crippen LogP contribution is 2.41. The second kappa shape index (κ2) is 8.34. The quantitative estimate of drug-likeness (QED) is 0.558. The van der Waals surface area contributed by atoms with Crippen molar-refractivity contribution in [2.75, 3.05) is 11.9 Å². The van der Waals surface area contributed by atoms with Crippen molar-refractivity contribution in [3.63, 3.8) is 0 Å². The second-order valence-electron chi connectivity index (χ2n) is 8.73. The molecule has 5 rings (SSSR count). The number of aryl methyl sites for hydroxylation is 1. The molecule has 0 radical (unpaired) electrons. The molecule has 4 heterocycles. The fraction of sp³-hybridized carbons (Fsp3) is 0.333. The van der Waals surface area contributed by atoms with Crippen LogP contribution in [0.15, 0.2) is 48.9 Å². The van der Waals surface area contributed by atoms with E-state index in [2.05, 4.69) is 20.3 Å². The SMILES string of the molecule is Cc1ccnc(C(=O)N2C[C@@H]3C[C@@H](Nc4ccc(C(F)(F)F)cn4)[C@@H]2C3)c1-c1ncccc1F. The first-order valence-electron chi connectivity index (χ1n) is 10.9. The number of aromatic nitrogens is 3. The molecular formula is C24H21F4N5O. The number of halogens is 4. The predicted molar refractivity (Wildman–Crippen MR) is 116 cm³/mol. The maximum Gasteiger partial charge on any atom is 0.417 e. The predicted octanol–water partition coefficient (Wildman–Crippen LogP) is 4.72. The van der Waals surface area contributed by atoms with E-state index in [1.165, 1.54) is 30.6 Å². The summed E-state index contributed by atoms with van der Waals surface area (Å²) in [4.78, 5) is 27.6. The summed E-state index contributed by atoms with van der Waals surface area (Å²) in [7, 11) is 0. The number of likely N-dealkylation sites (tertiary alicyclic amines) is 1. The first-order chi connectivity index (χ1) is 16.2. The number of fused-ring (bicyclic) bond motifs is 2. The lowest BCUT2D eigenvalue weighted by atomic mass is 10.0. The van der Waals surface area contributed by atoms with Gasteiger partial charge < -0.3 is 10.2 Å². The number of nitrogens with one attached hydrogen (secondary N) is 1. The van der Waals surface area contributed by atoms with E-state index >= 15 is 0 Å². The molecule has 1 aliphatic carbocycles. The average Bonchev–Trinajstić information content (AvgIpc) is 3.39. The van der Waals surface area contributed by atoms with Gasteiger partial charge in [-0.2, -0.15) is 13.2 Å². The average molecular weight is 471 g/mol. The van der Waals surface area contributed by atoms with Crippen molar-refractivity contribution in [1.82, 2.24) is 19.9 Å². The fourth-order valence-corrected chi connectivity index (χ4v) is 4.98. The van der Waals surface area contributed by atoms with Crippen molar-refractivity contribution >= 4 is 11.7 Å². The standard InChI is InChI=1S/C24H21F4N5O/c1-13-6-8-30-22(20(13)21-16(25)3-2-7-29-21)23(34)33-12-14-9-17(18(33)10-14)32-19-5-4-15(11-31-19)24(26,27)28/h2-8,11,14,17-18H,9-10,12H2,1H3,(H,31,32)/t14-,17-,18+/m1/s1. The molecule has 6 nitrogen and oxygen atoms in total. The van der Waals surface area contributed by atoms with Gasteiger partial charge in [-0.25, -0.2) is 9.37 Å². The number of carbonyl (C=O) groups is 1. The highest BCUT2D eigenvalue weighted by Gasteiger charge is 2.48. The normalized spacial score (nSPS) is 21.7. The fourth-order valence-electron chi connectivity index (χ4n) is 4.98. The molecule has 34 heavy (non-hydrogen) atoms. The van der Waals surface area contributed by atoms with Crippen molar-refractivity contribution in [2.45, 2.75) is 38.0 Å². The molecule has 176 valence electrons. The Hall–Kier alpha value is -3.56. The van der Waals surface area contributed by atoms with E-state index in [9.17, 15) is 22.4 Å². The second-order valence-corrected chi connectivity index (χ2v) is 8.73. The molecule has 1 saturated carbocycles. The van der Waals surface area contributed by atoms with Crippen LogP contribution >= 0.6 is 0 Å². The van der Waals surface area contributed by atoms with Crippen LogP contribution < -0.4 is 5.32 Å². The van der Waals surface area contributed by atoms with Gasteiger partial charge in [0.15, 0.2) is 0 Å². The summed E-state index contributed by atoms with van der Waals surface area (Å²) >= 11 is 0. The molecule has 0 unspecified atom stereocenters. The highest BCUT2D eigenvalue weighted by molar-refractivity contribution is 5.99. The number of piperidine rings is 1. The monoisotopic (exact) mass is 471 g/mol. The van der Waals surface area contributed by atoms with E-state index in [-0.39, 0.29) is 35.3 Å². The third-order valence-corrected chi connectivity index (χ3v) is 6.52. The van der Waals surface area contributed by atoms with E-state index < -0.39 is 17.6 Å². The van der Waals surface area contributed by atoms with Crippen molar-refractivity contribution in [3.05, 3.63) is 71.6 Å². The first-order valence-corrected chi connectivity index (χ1v) is 10.9. The van der Waals surface area contributed by atoms with Gasteiger partial charge >= 0.3 is 6.18 Å². The topological polar surface area (TPSA) is 71.0 Å². The molecule has 1 amide bonds. The minimum atomic E-state index is -4.45. The number of nitrogens with zero attached hydrogens (tertiary/aromatic N) is 4. The Balaban J connectivity index is 1.40. The molecule has 1 aliphatic heterocycles. The van der Waals surface area contributed by atoms with Gasteiger partial charge in [-0.15, -0.1) is 0 Å². The van der Waals surface area contributed by atoms with Gasteiger partial charge in [0.2, 0.25) is 0 Å². The molecule has 3 atom stereocenters. The van der Waals surface area contributed by atoms with Crippen LogP contribution in [0.1, 0.15) is 34.5 Å². The molecule has 0 aromatic carbocycles. The van der Waals surface area contributed by atoms with Gasteiger partial charge in [-0.05, 0) is 61.6 Å². The van der Waals surface area contributed by atoms with Gasteiger partial charge in [0.1, 0.15) is 23.0 Å². The number of pyridine rings is 3. The number of carbonyl (C=O) groups excluding carboxylic acids is 1. The minimum absolute atomic E-state index is 0.0736. The minimum Gasteiger partial charge on any atom is -0.365 e. The van der Waals surface area contributed by atoms with Crippen molar-refractivity contribution in [1.29, 1.82) is 0 Å². The first kappa shape index (κ1) is 22.2. The summed E-state index contributed by atoms with van der Waals surface area (Å²) in [6.45, 7) is 2.32. The van der Waals surface area contributed by atoms with Crippen molar-refractivity contribution in [2.24, 2.45) is 5.92 Å². The molecule has 1 saturated heterocycles. The Morgan fingerprint density at radius 2 is 1.91 bits per heavy atom. The van der Waals surface area contributed by atoms with E-state index in [1.807, 2.05) is 0 Å².